The zero-order valence-electron chi connectivity index (χ0n) is 13.4. The number of amides is 2. The van der Waals surface area contributed by atoms with E-state index in [1.54, 1.807) is 25.9 Å². The highest BCUT2D eigenvalue weighted by Gasteiger charge is 2.22. The number of carbonyl (C=O) groups excluding carboxylic acids is 2. The van der Waals surface area contributed by atoms with Gasteiger partial charge < -0.3 is 15.0 Å². The first-order valence-electron chi connectivity index (χ1n) is 7.29. The predicted molar refractivity (Wildman–Crippen MR) is 79.5 cm³/mol. The Balaban J connectivity index is 4.13. The van der Waals surface area contributed by atoms with Crippen molar-refractivity contribution in [3.05, 3.63) is 0 Å². The summed E-state index contributed by atoms with van der Waals surface area (Å²) in [6.07, 6.45) is 0.781. The first-order valence-corrected chi connectivity index (χ1v) is 7.29. The molecule has 2 amide bonds. The standard InChI is InChI=1S/C14H29N3O3/c1-6-17(7-2)14(19)12(4)16-11(3)13(18)15-9-8-10-20-5/h11-12,16H,6-10H2,1-5H3,(H,15,18). The predicted octanol–water partition coefficient (Wildman–Crippen LogP) is 0.374. The van der Waals surface area contributed by atoms with Crippen LogP contribution in [0.3, 0.4) is 0 Å². The Kier molecular flexibility index (Phi) is 10.0. The van der Waals surface area contributed by atoms with Crippen LogP contribution < -0.4 is 10.6 Å². The molecule has 0 aliphatic carbocycles. The second kappa shape index (κ2) is 10.6. The van der Waals surface area contributed by atoms with Crippen molar-refractivity contribution in [1.82, 2.24) is 15.5 Å². The maximum absolute atomic E-state index is 12.1. The van der Waals surface area contributed by atoms with E-state index in [-0.39, 0.29) is 17.9 Å². The largest absolute Gasteiger partial charge is 0.385 e. The smallest absolute Gasteiger partial charge is 0.239 e. The molecule has 2 unspecified atom stereocenters. The number of methoxy groups -OCH3 is 1. The molecular formula is C14H29N3O3. The summed E-state index contributed by atoms with van der Waals surface area (Å²) in [5, 5.41) is 5.85. The molecule has 2 atom stereocenters. The molecule has 2 N–H and O–H groups in total. The van der Waals surface area contributed by atoms with Crippen LogP contribution in [0.15, 0.2) is 0 Å². The Morgan fingerprint density at radius 2 is 1.75 bits per heavy atom. The highest BCUT2D eigenvalue weighted by Crippen LogP contribution is 1.97. The number of rotatable bonds is 10. The number of carbonyl (C=O) groups is 2. The van der Waals surface area contributed by atoms with Gasteiger partial charge in [-0.25, -0.2) is 0 Å². The normalized spacial score (nSPS) is 13.7. The van der Waals surface area contributed by atoms with E-state index in [0.29, 0.717) is 26.2 Å². The molecule has 0 saturated heterocycles. The molecular weight excluding hydrogens is 258 g/mol. The third kappa shape index (κ3) is 6.86. The fraction of sp³-hybridized carbons (Fsp3) is 0.857. The number of likely N-dealkylation sites (N-methyl/N-ethyl adjacent to an activating group) is 1. The van der Waals surface area contributed by atoms with Gasteiger partial charge in [0.2, 0.25) is 11.8 Å². The third-order valence-electron chi connectivity index (χ3n) is 3.16. The van der Waals surface area contributed by atoms with Crippen LogP contribution in [0, 0.1) is 0 Å². The molecule has 0 rings (SSSR count). The Labute approximate surface area is 122 Å². The van der Waals surface area contributed by atoms with E-state index in [1.807, 2.05) is 13.8 Å². The molecule has 118 valence electrons. The SMILES string of the molecule is CCN(CC)C(=O)C(C)NC(C)C(=O)NCCCOC. The molecule has 0 aliphatic heterocycles. The number of hydrogen-bond donors (Lipinski definition) is 2. The zero-order chi connectivity index (χ0) is 15.5. The molecule has 0 spiro atoms. The molecule has 0 radical (unpaired) electrons. The van der Waals surface area contributed by atoms with Crippen LogP contribution in [0.25, 0.3) is 0 Å². The summed E-state index contributed by atoms with van der Waals surface area (Å²) in [5.74, 6) is -0.0747. The van der Waals surface area contributed by atoms with Gasteiger partial charge >= 0.3 is 0 Å². The van der Waals surface area contributed by atoms with Crippen LogP contribution in [0.2, 0.25) is 0 Å². The van der Waals surface area contributed by atoms with Crippen molar-refractivity contribution < 1.29 is 14.3 Å². The number of ether oxygens (including phenoxy) is 1. The lowest BCUT2D eigenvalue weighted by atomic mass is 10.2. The lowest BCUT2D eigenvalue weighted by Gasteiger charge is -2.25. The number of hydrogen-bond acceptors (Lipinski definition) is 4. The summed E-state index contributed by atoms with van der Waals surface area (Å²) in [5.41, 5.74) is 0. The zero-order valence-corrected chi connectivity index (χ0v) is 13.4. The monoisotopic (exact) mass is 287 g/mol. The van der Waals surface area contributed by atoms with Crippen LogP contribution in [0.5, 0.6) is 0 Å². The van der Waals surface area contributed by atoms with E-state index in [0.717, 1.165) is 6.42 Å². The van der Waals surface area contributed by atoms with Gasteiger partial charge in [0.15, 0.2) is 0 Å². The van der Waals surface area contributed by atoms with Gasteiger partial charge in [-0.05, 0) is 34.1 Å². The molecule has 0 saturated carbocycles. The summed E-state index contributed by atoms with van der Waals surface area (Å²) >= 11 is 0. The Hall–Kier alpha value is -1.14. The maximum atomic E-state index is 12.1. The van der Waals surface area contributed by atoms with Crippen LogP contribution in [0.1, 0.15) is 34.1 Å². The molecule has 0 fully saturated rings. The topological polar surface area (TPSA) is 70.7 Å². The molecule has 20 heavy (non-hydrogen) atoms. The first-order chi connectivity index (χ1) is 9.47. The second-order valence-corrected chi connectivity index (χ2v) is 4.76. The van der Waals surface area contributed by atoms with E-state index in [2.05, 4.69) is 10.6 Å². The molecule has 0 aromatic carbocycles. The summed E-state index contributed by atoms with van der Waals surface area (Å²) in [4.78, 5) is 25.7. The Morgan fingerprint density at radius 3 is 2.25 bits per heavy atom. The van der Waals surface area contributed by atoms with Gasteiger partial charge in [0.25, 0.3) is 0 Å². The molecule has 6 heteroatoms. The minimum atomic E-state index is -0.396. The van der Waals surface area contributed by atoms with E-state index in [9.17, 15) is 9.59 Å². The van der Waals surface area contributed by atoms with E-state index < -0.39 is 6.04 Å². The van der Waals surface area contributed by atoms with Crippen molar-refractivity contribution in [1.29, 1.82) is 0 Å². The van der Waals surface area contributed by atoms with E-state index in [1.165, 1.54) is 0 Å². The third-order valence-corrected chi connectivity index (χ3v) is 3.16. The van der Waals surface area contributed by atoms with Gasteiger partial charge in [0, 0.05) is 33.4 Å². The highest BCUT2D eigenvalue weighted by atomic mass is 16.5. The van der Waals surface area contributed by atoms with Crippen molar-refractivity contribution in [2.75, 3.05) is 33.4 Å². The van der Waals surface area contributed by atoms with E-state index in [4.69, 9.17) is 4.74 Å². The fourth-order valence-corrected chi connectivity index (χ4v) is 1.91. The van der Waals surface area contributed by atoms with Gasteiger partial charge in [0.1, 0.15) is 0 Å². The van der Waals surface area contributed by atoms with Crippen molar-refractivity contribution in [2.24, 2.45) is 0 Å². The molecule has 0 aromatic heterocycles. The Bertz CT molecular complexity index is 293. The molecule has 0 aromatic rings. The molecule has 0 bridgehead atoms. The van der Waals surface area contributed by atoms with Gasteiger partial charge in [0.05, 0.1) is 12.1 Å². The van der Waals surface area contributed by atoms with Crippen molar-refractivity contribution in [3.8, 4) is 0 Å². The minimum absolute atomic E-state index is 0.0223. The summed E-state index contributed by atoms with van der Waals surface area (Å²) in [6.45, 7) is 10.0. The quantitative estimate of drug-likeness (QED) is 0.570. The average molecular weight is 287 g/mol. The van der Waals surface area contributed by atoms with Crippen LogP contribution >= 0.6 is 0 Å². The second-order valence-electron chi connectivity index (χ2n) is 4.76. The van der Waals surface area contributed by atoms with Gasteiger partial charge in [-0.1, -0.05) is 0 Å². The van der Waals surface area contributed by atoms with E-state index >= 15 is 0 Å². The number of nitrogens with zero attached hydrogens (tertiary/aromatic N) is 1. The Morgan fingerprint density at radius 1 is 1.15 bits per heavy atom. The molecule has 6 nitrogen and oxygen atoms in total. The van der Waals surface area contributed by atoms with Crippen molar-refractivity contribution in [2.45, 2.75) is 46.2 Å². The van der Waals surface area contributed by atoms with Crippen LogP contribution in [-0.2, 0) is 14.3 Å². The fourth-order valence-electron chi connectivity index (χ4n) is 1.91. The summed E-state index contributed by atoms with van der Waals surface area (Å²) < 4.78 is 4.91. The molecule has 0 aliphatic rings. The number of nitrogens with one attached hydrogen (secondary N) is 2. The first kappa shape index (κ1) is 18.9. The molecule has 0 heterocycles. The lowest BCUT2D eigenvalue weighted by Crippen LogP contribution is -2.52. The van der Waals surface area contributed by atoms with Crippen LogP contribution in [-0.4, -0.2) is 62.1 Å². The summed E-state index contributed by atoms with van der Waals surface area (Å²) in [6, 6.07) is -0.762. The van der Waals surface area contributed by atoms with Gasteiger partial charge in [-0.15, -0.1) is 0 Å². The maximum Gasteiger partial charge on any atom is 0.239 e. The van der Waals surface area contributed by atoms with Crippen LogP contribution in [0.4, 0.5) is 0 Å². The summed E-state index contributed by atoms with van der Waals surface area (Å²) in [7, 11) is 1.63. The van der Waals surface area contributed by atoms with Gasteiger partial charge in [-0.2, -0.15) is 0 Å². The van der Waals surface area contributed by atoms with Crippen molar-refractivity contribution >= 4 is 11.8 Å². The lowest BCUT2D eigenvalue weighted by molar-refractivity contribution is -0.133. The average Bonchev–Trinajstić information content (AvgIpc) is 2.44. The highest BCUT2D eigenvalue weighted by molar-refractivity contribution is 5.84. The minimum Gasteiger partial charge on any atom is -0.385 e. The van der Waals surface area contributed by atoms with Gasteiger partial charge in [-0.3, -0.25) is 14.9 Å². The van der Waals surface area contributed by atoms with Crippen molar-refractivity contribution in [3.63, 3.8) is 0 Å².